The second-order valence-corrected chi connectivity index (χ2v) is 13.2. The van der Waals surface area contributed by atoms with Crippen LogP contribution in [0.25, 0.3) is 0 Å². The fourth-order valence-corrected chi connectivity index (χ4v) is 4.87. The summed E-state index contributed by atoms with van der Waals surface area (Å²) < 4.78 is 5.27. The molecule has 2 aliphatic heterocycles. The number of fused-ring (bicyclic) bond motifs is 1. The Labute approximate surface area is 226 Å². The number of aromatic nitrogens is 1. The quantitative estimate of drug-likeness (QED) is 0.459. The van der Waals surface area contributed by atoms with Gasteiger partial charge in [-0.3, -0.25) is 0 Å². The number of nitrogens with zero attached hydrogens (tertiary/aromatic N) is 4. The topological polar surface area (TPSA) is 104 Å². The molecule has 1 unspecified atom stereocenters. The van der Waals surface area contributed by atoms with Crippen molar-refractivity contribution >= 4 is 40.3 Å². The van der Waals surface area contributed by atoms with Crippen LogP contribution in [0.4, 0.5) is 0 Å². The van der Waals surface area contributed by atoms with Crippen molar-refractivity contribution in [2.45, 2.75) is 43.5 Å². The van der Waals surface area contributed by atoms with Gasteiger partial charge in [0.1, 0.15) is 0 Å². The number of carbonyl (C=O) groups excluding carboxylic acids is 3. The molecule has 37 heavy (non-hydrogen) atoms. The fraction of sp³-hybridized carbons (Fsp3) is 0.444. The molecule has 0 spiro atoms. The predicted octanol–water partition coefficient (Wildman–Crippen LogP) is 1.20. The van der Waals surface area contributed by atoms with E-state index in [4.69, 9.17) is 4.74 Å². The van der Waals surface area contributed by atoms with E-state index < -0.39 is 15.7 Å². The fourth-order valence-electron chi connectivity index (χ4n) is 4.69. The van der Waals surface area contributed by atoms with E-state index in [2.05, 4.69) is 15.4 Å². The Bertz CT molecular complexity index is 1170. The van der Waals surface area contributed by atoms with Gasteiger partial charge in [0, 0.05) is 0 Å². The van der Waals surface area contributed by atoms with E-state index in [9.17, 15) is 14.4 Å². The van der Waals surface area contributed by atoms with Gasteiger partial charge in [0.15, 0.2) is 0 Å². The van der Waals surface area contributed by atoms with Gasteiger partial charge in [0.2, 0.25) is 0 Å². The zero-order chi connectivity index (χ0) is 26.6. The third-order valence-corrected chi connectivity index (χ3v) is 7.26. The standard InChI is InChI=1S/C27H34AsN5O4/c1-26(2,28)24(35)30-21(17-37-16-19-9-5-4-6-10-19)23(34)33-14-12-22-27(18-33,25(36)32(3)31-22)15-20-11-7-8-13-29-20/h4-11,13,21H,12,14-18,28H2,1-3H3,(H,30,35)/t21-,27+/m1/s1. The van der Waals surface area contributed by atoms with Crippen LogP contribution in [0.5, 0.6) is 0 Å². The van der Waals surface area contributed by atoms with Gasteiger partial charge in [-0.15, -0.1) is 0 Å². The van der Waals surface area contributed by atoms with Gasteiger partial charge < -0.3 is 0 Å². The summed E-state index contributed by atoms with van der Waals surface area (Å²) in [6.07, 6.45) is 2.52. The molecule has 10 heteroatoms. The molecule has 1 aromatic heterocycles. The Balaban J connectivity index is 1.54. The molecule has 0 saturated carbocycles. The molecule has 3 heterocycles. The maximum absolute atomic E-state index is 13.8. The average Bonchev–Trinajstić information content (AvgIpc) is 3.12. The van der Waals surface area contributed by atoms with E-state index in [0.29, 0.717) is 26.0 Å². The molecule has 2 aromatic rings. The average molecular weight is 568 g/mol. The molecular formula is C27H34AsN5O4. The number of hydrazone groups is 1. The third-order valence-electron chi connectivity index (χ3n) is 6.71. The number of likely N-dealkylation sites (tertiary alicyclic amines) is 1. The summed E-state index contributed by atoms with van der Waals surface area (Å²) in [5.74, 6) is -0.628. The molecule has 1 aromatic carbocycles. The van der Waals surface area contributed by atoms with Crippen molar-refractivity contribution in [3.63, 3.8) is 0 Å². The molecule has 3 amide bonds. The van der Waals surface area contributed by atoms with Gasteiger partial charge in [-0.1, -0.05) is 0 Å². The molecule has 0 radical (unpaired) electrons. The Kier molecular flexibility index (Phi) is 8.14. The molecule has 9 nitrogen and oxygen atoms in total. The Morgan fingerprint density at radius 1 is 1.19 bits per heavy atom. The number of hydrogen-bond donors (Lipinski definition) is 1. The van der Waals surface area contributed by atoms with Crippen LogP contribution >= 0.6 is 0 Å². The summed E-state index contributed by atoms with van der Waals surface area (Å²) in [5, 5.41) is 8.78. The number of rotatable bonds is 9. The molecule has 196 valence electrons. The molecule has 1 saturated heterocycles. The molecule has 1 N–H and O–H groups in total. The Morgan fingerprint density at radius 2 is 1.92 bits per heavy atom. The molecule has 0 aliphatic carbocycles. The van der Waals surface area contributed by atoms with Crippen molar-refractivity contribution in [1.29, 1.82) is 0 Å². The van der Waals surface area contributed by atoms with Crippen LogP contribution < -0.4 is 5.32 Å². The zero-order valence-electron chi connectivity index (χ0n) is 21.5. The number of benzene rings is 1. The number of pyridine rings is 1. The van der Waals surface area contributed by atoms with E-state index in [1.165, 1.54) is 21.9 Å². The number of ether oxygens (including phenoxy) is 1. The van der Waals surface area contributed by atoms with Gasteiger partial charge in [-0.2, -0.15) is 0 Å². The number of piperidine rings is 1. The van der Waals surface area contributed by atoms with Crippen molar-refractivity contribution in [3.05, 3.63) is 66.0 Å². The first-order chi connectivity index (χ1) is 17.6. The number of carbonyl (C=O) groups is 3. The Morgan fingerprint density at radius 3 is 2.59 bits per heavy atom. The van der Waals surface area contributed by atoms with Crippen LogP contribution in [-0.2, 0) is 32.1 Å². The number of hydrogen-bond acceptors (Lipinski definition) is 6. The summed E-state index contributed by atoms with van der Waals surface area (Å²) in [6, 6.07) is 14.4. The van der Waals surface area contributed by atoms with E-state index in [1.54, 1.807) is 18.1 Å². The van der Waals surface area contributed by atoms with Crippen LogP contribution in [0, 0.1) is 5.41 Å². The first-order valence-electron chi connectivity index (χ1n) is 12.4. The van der Waals surface area contributed by atoms with Crippen molar-refractivity contribution < 1.29 is 19.1 Å². The number of amides is 3. The van der Waals surface area contributed by atoms with Crippen LogP contribution in [-0.4, -0.2) is 88.0 Å². The molecular weight excluding hydrogens is 533 g/mol. The zero-order valence-corrected chi connectivity index (χ0v) is 23.9. The predicted molar refractivity (Wildman–Crippen MR) is 142 cm³/mol. The van der Waals surface area contributed by atoms with Gasteiger partial charge in [0.05, 0.1) is 0 Å². The number of nitrogens with one attached hydrogen (secondary N) is 1. The molecule has 1 fully saturated rings. The minimum absolute atomic E-state index is 0.0289. The summed E-state index contributed by atoms with van der Waals surface area (Å²) in [5.41, 5.74) is 1.54. The first-order valence-corrected chi connectivity index (χ1v) is 13.6. The molecule has 3 atom stereocenters. The van der Waals surface area contributed by atoms with Crippen molar-refractivity contribution in [1.82, 2.24) is 20.2 Å². The van der Waals surface area contributed by atoms with Crippen molar-refractivity contribution in [2.24, 2.45) is 10.5 Å². The van der Waals surface area contributed by atoms with Crippen LogP contribution in [0.3, 0.4) is 0 Å². The molecule has 4 rings (SSSR count). The van der Waals surface area contributed by atoms with Crippen LogP contribution in [0.15, 0.2) is 59.8 Å². The minimum atomic E-state index is -0.969. The molecule has 2 aliphatic rings. The second kappa shape index (κ2) is 11.2. The Hall–Kier alpha value is -3.03. The van der Waals surface area contributed by atoms with Gasteiger partial charge in [0.25, 0.3) is 0 Å². The monoisotopic (exact) mass is 567 g/mol. The van der Waals surface area contributed by atoms with Crippen molar-refractivity contribution in [2.75, 3.05) is 26.7 Å². The summed E-state index contributed by atoms with van der Waals surface area (Å²) >= 11 is 1.28. The van der Waals surface area contributed by atoms with Gasteiger partial charge in [-0.25, -0.2) is 0 Å². The summed E-state index contributed by atoms with van der Waals surface area (Å²) in [6.45, 7) is 4.59. The van der Waals surface area contributed by atoms with E-state index >= 15 is 0 Å². The molecule has 0 bridgehead atoms. The maximum atomic E-state index is 13.8. The SMILES string of the molecule is CN1N=C2CCN(C(=O)[C@@H](COCc3ccccc3)NC(=O)C(C)(C)[AsH2])C[C@]2(Cc2ccccn2)C1=O. The first kappa shape index (κ1) is 27.0. The van der Waals surface area contributed by atoms with E-state index in [1.807, 2.05) is 62.4 Å². The van der Waals surface area contributed by atoms with Crippen LogP contribution in [0.2, 0.25) is 4.20 Å². The van der Waals surface area contributed by atoms with E-state index in [0.717, 1.165) is 17.0 Å². The third kappa shape index (κ3) is 6.10. The van der Waals surface area contributed by atoms with E-state index in [-0.39, 0.29) is 30.9 Å². The normalized spacial score (nSPS) is 20.3. The van der Waals surface area contributed by atoms with Crippen LogP contribution in [0.1, 0.15) is 31.5 Å². The summed E-state index contributed by atoms with van der Waals surface area (Å²) in [4.78, 5) is 46.2. The van der Waals surface area contributed by atoms with Gasteiger partial charge >= 0.3 is 220 Å². The van der Waals surface area contributed by atoms with Crippen molar-refractivity contribution in [3.8, 4) is 0 Å². The second-order valence-electron chi connectivity index (χ2n) is 10.2. The summed E-state index contributed by atoms with van der Waals surface area (Å²) in [7, 11) is 1.64. The van der Waals surface area contributed by atoms with Gasteiger partial charge in [-0.05, 0) is 6.07 Å².